The Morgan fingerprint density at radius 3 is 2.54 bits per heavy atom. The predicted octanol–water partition coefficient (Wildman–Crippen LogP) is 1.80. The number of nitrogens with one attached hydrogen (secondary N) is 1. The van der Waals surface area contributed by atoms with Crippen molar-refractivity contribution in [1.82, 2.24) is 20.1 Å². The van der Waals surface area contributed by atoms with Crippen LogP contribution in [0.25, 0.3) is 11.0 Å². The van der Waals surface area contributed by atoms with Crippen LogP contribution in [-0.2, 0) is 16.9 Å². The van der Waals surface area contributed by atoms with Crippen molar-refractivity contribution in [3.63, 3.8) is 0 Å². The Bertz CT molecular complexity index is 1130. The van der Waals surface area contributed by atoms with E-state index < -0.39 is 9.84 Å². The molecule has 148 valence electrons. The first-order valence-electron chi connectivity index (χ1n) is 8.69. The van der Waals surface area contributed by atoms with Gasteiger partial charge in [0.25, 0.3) is 5.91 Å². The topological polar surface area (TPSA) is 103 Å². The van der Waals surface area contributed by atoms with Crippen molar-refractivity contribution in [2.24, 2.45) is 7.05 Å². The molecular formula is C19H22N4O4S. The van der Waals surface area contributed by atoms with Gasteiger partial charge in [0.15, 0.2) is 15.5 Å². The maximum atomic E-state index is 12.7. The molecule has 0 aliphatic rings. The molecule has 0 radical (unpaired) electrons. The van der Waals surface area contributed by atoms with Crippen molar-refractivity contribution < 1.29 is 17.9 Å². The van der Waals surface area contributed by atoms with E-state index in [-0.39, 0.29) is 23.1 Å². The SMILES string of the molecule is COc1ccc(S(=O)(=O)CCNC(=O)c2cc(C)nc3c2c(C)nn3C)cc1. The number of nitrogens with zero attached hydrogens (tertiary/aromatic N) is 3. The summed E-state index contributed by atoms with van der Waals surface area (Å²) in [5.74, 6) is 0.0253. The van der Waals surface area contributed by atoms with Crippen LogP contribution in [0.3, 0.4) is 0 Å². The number of rotatable bonds is 6. The van der Waals surface area contributed by atoms with Crippen LogP contribution in [0.2, 0.25) is 0 Å². The number of aromatic nitrogens is 3. The Labute approximate surface area is 163 Å². The molecule has 2 aromatic heterocycles. The van der Waals surface area contributed by atoms with Gasteiger partial charge in [0.1, 0.15) is 5.75 Å². The number of sulfone groups is 1. The Kier molecular flexibility index (Phi) is 5.37. The standard InChI is InChI=1S/C19H22N4O4S/c1-12-11-16(17-13(2)22-23(3)18(17)21-12)19(24)20-9-10-28(25,26)15-7-5-14(27-4)6-8-15/h5-8,11H,9-10H2,1-4H3,(H,20,24). The molecule has 9 heteroatoms. The molecule has 0 saturated carbocycles. The molecule has 3 rings (SSSR count). The van der Waals surface area contributed by atoms with Crippen LogP contribution in [0.5, 0.6) is 5.75 Å². The van der Waals surface area contributed by atoms with E-state index in [1.54, 1.807) is 36.9 Å². The number of ether oxygens (including phenoxy) is 1. The zero-order valence-electron chi connectivity index (χ0n) is 16.2. The van der Waals surface area contributed by atoms with Gasteiger partial charge in [0.05, 0.1) is 34.4 Å². The lowest BCUT2D eigenvalue weighted by Crippen LogP contribution is -2.29. The Morgan fingerprint density at radius 1 is 1.21 bits per heavy atom. The summed E-state index contributed by atoms with van der Waals surface area (Å²) in [6, 6.07) is 7.85. The van der Waals surface area contributed by atoms with Crippen LogP contribution < -0.4 is 10.1 Å². The maximum Gasteiger partial charge on any atom is 0.252 e. The number of fused-ring (bicyclic) bond motifs is 1. The van der Waals surface area contributed by atoms with Crippen molar-refractivity contribution >= 4 is 26.8 Å². The number of carbonyl (C=O) groups excluding carboxylic acids is 1. The predicted molar refractivity (Wildman–Crippen MR) is 105 cm³/mol. The zero-order chi connectivity index (χ0) is 20.5. The lowest BCUT2D eigenvalue weighted by atomic mass is 10.1. The minimum Gasteiger partial charge on any atom is -0.497 e. The average Bonchev–Trinajstić information content (AvgIpc) is 2.94. The van der Waals surface area contributed by atoms with E-state index >= 15 is 0 Å². The molecule has 0 aliphatic heterocycles. The summed E-state index contributed by atoms with van der Waals surface area (Å²) in [7, 11) is -0.234. The number of aryl methyl sites for hydroxylation is 3. The maximum absolute atomic E-state index is 12.7. The number of benzene rings is 1. The molecule has 0 unspecified atom stereocenters. The second-order valence-electron chi connectivity index (χ2n) is 6.47. The van der Waals surface area contributed by atoms with Crippen molar-refractivity contribution in [2.75, 3.05) is 19.4 Å². The molecule has 1 N–H and O–H groups in total. The molecular weight excluding hydrogens is 380 g/mol. The van der Waals surface area contributed by atoms with Gasteiger partial charge >= 0.3 is 0 Å². The van der Waals surface area contributed by atoms with Gasteiger partial charge in [-0.25, -0.2) is 13.4 Å². The number of methoxy groups -OCH3 is 1. The van der Waals surface area contributed by atoms with E-state index in [1.807, 2.05) is 6.92 Å². The van der Waals surface area contributed by atoms with Crippen LogP contribution in [0, 0.1) is 13.8 Å². The van der Waals surface area contributed by atoms with E-state index in [1.165, 1.54) is 19.2 Å². The average molecular weight is 402 g/mol. The second kappa shape index (κ2) is 7.59. The van der Waals surface area contributed by atoms with Gasteiger partial charge in [-0.2, -0.15) is 5.10 Å². The van der Waals surface area contributed by atoms with Crippen LogP contribution in [0.15, 0.2) is 35.2 Å². The molecule has 2 heterocycles. The van der Waals surface area contributed by atoms with E-state index in [4.69, 9.17) is 4.74 Å². The molecule has 0 atom stereocenters. The Balaban J connectivity index is 1.75. The first-order valence-corrected chi connectivity index (χ1v) is 10.3. The molecule has 0 bridgehead atoms. The van der Waals surface area contributed by atoms with Gasteiger partial charge < -0.3 is 10.1 Å². The molecule has 0 saturated heterocycles. The fourth-order valence-electron chi connectivity index (χ4n) is 3.04. The van der Waals surface area contributed by atoms with Gasteiger partial charge in [0.2, 0.25) is 0 Å². The summed E-state index contributed by atoms with van der Waals surface area (Å²) in [6.45, 7) is 3.60. The van der Waals surface area contributed by atoms with Crippen molar-refractivity contribution in [1.29, 1.82) is 0 Å². The number of hydrogen-bond acceptors (Lipinski definition) is 6. The second-order valence-corrected chi connectivity index (χ2v) is 8.58. The van der Waals surface area contributed by atoms with Crippen LogP contribution in [0.1, 0.15) is 21.7 Å². The van der Waals surface area contributed by atoms with Crippen molar-refractivity contribution in [3.05, 3.63) is 47.3 Å². The highest BCUT2D eigenvalue weighted by molar-refractivity contribution is 7.91. The number of amides is 1. The molecule has 1 aromatic carbocycles. The lowest BCUT2D eigenvalue weighted by molar-refractivity contribution is 0.0957. The van der Waals surface area contributed by atoms with E-state index in [2.05, 4.69) is 15.4 Å². The Hall–Kier alpha value is -2.94. The van der Waals surface area contributed by atoms with Gasteiger partial charge in [-0.05, 0) is 44.2 Å². The summed E-state index contributed by atoms with van der Waals surface area (Å²) in [6.07, 6.45) is 0. The highest BCUT2D eigenvalue weighted by atomic mass is 32.2. The van der Waals surface area contributed by atoms with Gasteiger partial charge in [0, 0.05) is 19.3 Å². The Morgan fingerprint density at radius 2 is 1.89 bits per heavy atom. The first kappa shape index (κ1) is 19.8. The van der Waals surface area contributed by atoms with Crippen LogP contribution >= 0.6 is 0 Å². The third-order valence-corrected chi connectivity index (χ3v) is 6.15. The van der Waals surface area contributed by atoms with Gasteiger partial charge in [-0.3, -0.25) is 9.48 Å². The third-order valence-electron chi connectivity index (χ3n) is 4.42. The zero-order valence-corrected chi connectivity index (χ0v) is 17.0. The highest BCUT2D eigenvalue weighted by Gasteiger charge is 2.19. The molecule has 0 spiro atoms. The van der Waals surface area contributed by atoms with E-state index in [0.29, 0.717) is 33.7 Å². The van der Waals surface area contributed by atoms with Crippen molar-refractivity contribution in [2.45, 2.75) is 18.7 Å². The fraction of sp³-hybridized carbons (Fsp3) is 0.316. The van der Waals surface area contributed by atoms with Crippen LogP contribution in [0.4, 0.5) is 0 Å². The molecule has 0 fully saturated rings. The normalized spacial score (nSPS) is 11.6. The highest BCUT2D eigenvalue weighted by Crippen LogP contribution is 2.21. The van der Waals surface area contributed by atoms with E-state index in [0.717, 1.165) is 0 Å². The summed E-state index contributed by atoms with van der Waals surface area (Å²) in [4.78, 5) is 17.3. The lowest BCUT2D eigenvalue weighted by Gasteiger charge is -2.09. The van der Waals surface area contributed by atoms with Gasteiger partial charge in [-0.15, -0.1) is 0 Å². The fourth-order valence-corrected chi connectivity index (χ4v) is 4.20. The van der Waals surface area contributed by atoms with Crippen LogP contribution in [-0.4, -0.2) is 48.5 Å². The first-order chi connectivity index (χ1) is 13.2. The van der Waals surface area contributed by atoms with E-state index in [9.17, 15) is 13.2 Å². The quantitative estimate of drug-likeness (QED) is 0.674. The monoisotopic (exact) mass is 402 g/mol. The summed E-state index contributed by atoms with van der Waals surface area (Å²) < 4.78 is 31.6. The van der Waals surface area contributed by atoms with Crippen molar-refractivity contribution in [3.8, 4) is 5.75 Å². The summed E-state index contributed by atoms with van der Waals surface area (Å²) in [5.41, 5.74) is 2.44. The minimum atomic E-state index is -3.52. The largest absolute Gasteiger partial charge is 0.497 e. The number of carbonyl (C=O) groups is 1. The molecule has 28 heavy (non-hydrogen) atoms. The molecule has 3 aromatic rings. The third kappa shape index (κ3) is 3.84. The minimum absolute atomic E-state index is 0.00459. The number of pyridine rings is 1. The molecule has 8 nitrogen and oxygen atoms in total. The molecule has 1 amide bonds. The van der Waals surface area contributed by atoms with Gasteiger partial charge in [-0.1, -0.05) is 0 Å². The molecule has 0 aliphatic carbocycles. The summed E-state index contributed by atoms with van der Waals surface area (Å²) >= 11 is 0. The smallest absolute Gasteiger partial charge is 0.252 e. The number of hydrogen-bond donors (Lipinski definition) is 1. The summed E-state index contributed by atoms with van der Waals surface area (Å²) in [5, 5.41) is 7.68.